The zero-order valence-electron chi connectivity index (χ0n) is 18.9. The average Bonchev–Trinajstić information content (AvgIpc) is 3.17. The van der Waals surface area contributed by atoms with Gasteiger partial charge < -0.3 is 9.64 Å². The van der Waals surface area contributed by atoms with Gasteiger partial charge in [0.25, 0.3) is 10.0 Å². The zero-order valence-corrected chi connectivity index (χ0v) is 22.0. The molecule has 3 aromatic carbocycles. The molecule has 1 aliphatic rings. The van der Waals surface area contributed by atoms with Crippen LogP contribution < -0.4 is 9.46 Å². The normalized spacial score (nSPS) is 16.8. The number of nitrogens with one attached hydrogen (secondary N) is 1. The van der Waals surface area contributed by atoms with Crippen molar-refractivity contribution >= 4 is 50.7 Å². The Labute approximate surface area is 221 Å². The minimum absolute atomic E-state index is 0.0311. The monoisotopic (exact) mass is 576 g/mol. The topological polar surface area (TPSA) is 58.6 Å². The summed E-state index contributed by atoms with van der Waals surface area (Å²) in [6.07, 6.45) is -4.48. The third-order valence-electron chi connectivity index (χ3n) is 5.39. The van der Waals surface area contributed by atoms with Crippen molar-refractivity contribution in [2.75, 3.05) is 24.9 Å². The van der Waals surface area contributed by atoms with E-state index in [2.05, 4.69) is 4.72 Å². The van der Waals surface area contributed by atoms with Crippen LogP contribution in [0, 0.1) is 0 Å². The van der Waals surface area contributed by atoms with E-state index in [0.717, 1.165) is 28.0 Å². The first-order valence-corrected chi connectivity index (χ1v) is 13.8. The van der Waals surface area contributed by atoms with Gasteiger partial charge in [-0.15, -0.1) is 0 Å². The van der Waals surface area contributed by atoms with E-state index in [1.54, 1.807) is 30.3 Å². The van der Waals surface area contributed by atoms with Gasteiger partial charge in [0.1, 0.15) is 11.9 Å². The predicted molar refractivity (Wildman–Crippen MR) is 136 cm³/mol. The van der Waals surface area contributed by atoms with Gasteiger partial charge in [0.05, 0.1) is 16.1 Å². The SMILES string of the molecule is CN1CC[C@@H](Oc2cc(NS(=O)(=O)c3ccc(Sc4cc(Cl)cc(Cl)c4)cc3)ccc2C(F)(F)F)C1. The maximum Gasteiger partial charge on any atom is 0.419 e. The van der Waals surface area contributed by atoms with Crippen LogP contribution in [0.1, 0.15) is 12.0 Å². The molecule has 1 heterocycles. The van der Waals surface area contributed by atoms with Gasteiger partial charge in [0.2, 0.25) is 0 Å². The Morgan fingerprint density at radius 1 is 1.00 bits per heavy atom. The molecule has 1 aliphatic heterocycles. The highest BCUT2D eigenvalue weighted by Gasteiger charge is 2.36. The standard InChI is InChI=1S/C24H21Cl2F3N2O3S2/c1-31-9-8-18(14-31)34-23-13-17(2-7-22(23)24(27,28)29)30-36(32,33)21-5-3-19(4-6-21)35-20-11-15(25)10-16(26)12-20/h2-7,10-13,18,30H,8-9,14H2,1H3/t18-/m1/s1. The fraction of sp³-hybridized carbons (Fsp3) is 0.250. The van der Waals surface area contributed by atoms with Gasteiger partial charge in [-0.2, -0.15) is 13.2 Å². The molecule has 192 valence electrons. The molecule has 36 heavy (non-hydrogen) atoms. The number of nitrogens with zero attached hydrogens (tertiary/aromatic N) is 1. The van der Waals surface area contributed by atoms with Crippen molar-refractivity contribution in [3.63, 3.8) is 0 Å². The van der Waals surface area contributed by atoms with Gasteiger partial charge in [-0.25, -0.2) is 8.42 Å². The molecule has 0 unspecified atom stereocenters. The Morgan fingerprint density at radius 2 is 1.67 bits per heavy atom. The molecule has 1 N–H and O–H groups in total. The van der Waals surface area contributed by atoms with Crippen LogP contribution in [0.5, 0.6) is 5.75 Å². The van der Waals surface area contributed by atoms with Crippen LogP contribution in [0.15, 0.2) is 75.4 Å². The van der Waals surface area contributed by atoms with Crippen molar-refractivity contribution < 1.29 is 26.3 Å². The largest absolute Gasteiger partial charge is 0.488 e. The molecular weight excluding hydrogens is 556 g/mol. The molecule has 1 saturated heterocycles. The number of benzene rings is 3. The molecule has 12 heteroatoms. The van der Waals surface area contributed by atoms with E-state index in [4.69, 9.17) is 27.9 Å². The summed E-state index contributed by atoms with van der Waals surface area (Å²) in [5.74, 6) is -0.407. The first-order valence-electron chi connectivity index (χ1n) is 10.7. The van der Waals surface area contributed by atoms with Crippen molar-refractivity contribution in [3.05, 3.63) is 76.3 Å². The van der Waals surface area contributed by atoms with Crippen molar-refractivity contribution in [3.8, 4) is 5.75 Å². The number of halogens is 5. The smallest absolute Gasteiger partial charge is 0.419 e. The highest BCUT2D eigenvalue weighted by molar-refractivity contribution is 7.99. The second kappa shape index (κ2) is 10.7. The van der Waals surface area contributed by atoms with Crippen molar-refractivity contribution in [2.24, 2.45) is 0 Å². The van der Waals surface area contributed by atoms with Crippen LogP contribution in [-0.4, -0.2) is 39.6 Å². The lowest BCUT2D eigenvalue weighted by atomic mass is 10.1. The van der Waals surface area contributed by atoms with Crippen LogP contribution in [0.4, 0.5) is 18.9 Å². The molecule has 1 atom stereocenters. The summed E-state index contributed by atoms with van der Waals surface area (Å²) >= 11 is 13.4. The fourth-order valence-corrected chi connectivity index (χ4v) is 6.33. The summed E-state index contributed by atoms with van der Waals surface area (Å²) in [6, 6.07) is 14.1. The molecule has 3 aromatic rings. The summed E-state index contributed by atoms with van der Waals surface area (Å²) in [7, 11) is -2.21. The van der Waals surface area contributed by atoms with Gasteiger partial charge in [-0.1, -0.05) is 35.0 Å². The summed E-state index contributed by atoms with van der Waals surface area (Å²) in [5, 5.41) is 0.960. The lowest BCUT2D eigenvalue weighted by Crippen LogP contribution is -2.23. The number of anilines is 1. The van der Waals surface area contributed by atoms with Crippen LogP contribution in [-0.2, 0) is 16.2 Å². The summed E-state index contributed by atoms with van der Waals surface area (Å²) in [4.78, 5) is 3.44. The Morgan fingerprint density at radius 3 is 2.25 bits per heavy atom. The van der Waals surface area contributed by atoms with Crippen LogP contribution in [0.25, 0.3) is 0 Å². The number of likely N-dealkylation sites (N-methyl/N-ethyl adjacent to an activating group) is 1. The quantitative estimate of drug-likeness (QED) is 0.326. The van der Waals surface area contributed by atoms with E-state index < -0.39 is 33.6 Å². The number of rotatable bonds is 7. The average molecular weight is 577 g/mol. The van der Waals surface area contributed by atoms with Crippen molar-refractivity contribution in [1.29, 1.82) is 0 Å². The molecule has 0 saturated carbocycles. The molecular formula is C24H21Cl2F3N2O3S2. The summed E-state index contributed by atoms with van der Waals surface area (Å²) in [5.41, 5.74) is -0.987. The first kappa shape index (κ1) is 26.9. The Kier molecular flexibility index (Phi) is 8.01. The van der Waals surface area contributed by atoms with E-state index in [-0.39, 0.29) is 10.6 Å². The molecule has 1 fully saturated rings. The number of ether oxygens (including phenoxy) is 1. The third kappa shape index (κ3) is 6.80. The number of hydrogen-bond donors (Lipinski definition) is 1. The molecule has 0 spiro atoms. The zero-order chi connectivity index (χ0) is 26.1. The number of likely N-dealkylation sites (tertiary alicyclic amines) is 1. The number of hydrogen-bond acceptors (Lipinski definition) is 5. The predicted octanol–water partition coefficient (Wildman–Crippen LogP) is 7.05. The molecule has 0 radical (unpaired) electrons. The number of sulfonamides is 1. The lowest BCUT2D eigenvalue weighted by molar-refractivity contribution is -0.139. The van der Waals surface area contributed by atoms with E-state index in [9.17, 15) is 21.6 Å². The summed E-state index contributed by atoms with van der Waals surface area (Å²) in [6.45, 7) is 1.19. The Balaban J connectivity index is 1.52. The Hall–Kier alpha value is -2.11. The number of alkyl halides is 3. The molecule has 0 aliphatic carbocycles. The minimum atomic E-state index is -4.64. The molecule has 4 rings (SSSR count). The van der Waals surface area contributed by atoms with Gasteiger partial charge in [0, 0.05) is 39.0 Å². The third-order valence-corrected chi connectivity index (χ3v) is 8.20. The van der Waals surface area contributed by atoms with E-state index in [1.165, 1.54) is 23.9 Å². The minimum Gasteiger partial charge on any atom is -0.488 e. The highest BCUT2D eigenvalue weighted by Crippen LogP contribution is 2.39. The molecule has 0 amide bonds. The van der Waals surface area contributed by atoms with Gasteiger partial charge in [-0.05, 0) is 68.1 Å². The van der Waals surface area contributed by atoms with E-state index >= 15 is 0 Å². The molecule has 0 bridgehead atoms. The van der Waals surface area contributed by atoms with Crippen LogP contribution in [0.2, 0.25) is 10.0 Å². The molecule has 0 aromatic heterocycles. The van der Waals surface area contributed by atoms with Crippen LogP contribution in [0.3, 0.4) is 0 Å². The van der Waals surface area contributed by atoms with Gasteiger partial charge >= 0.3 is 6.18 Å². The highest BCUT2D eigenvalue weighted by atomic mass is 35.5. The second-order valence-corrected chi connectivity index (χ2v) is 12.0. The van der Waals surface area contributed by atoms with E-state index in [1.807, 2.05) is 11.9 Å². The van der Waals surface area contributed by atoms with Gasteiger partial charge in [0.15, 0.2) is 0 Å². The first-order chi connectivity index (χ1) is 16.9. The maximum atomic E-state index is 13.5. The molecule has 5 nitrogen and oxygen atoms in total. The van der Waals surface area contributed by atoms with Crippen molar-refractivity contribution in [1.82, 2.24) is 4.90 Å². The summed E-state index contributed by atoms with van der Waals surface area (Å²) < 4.78 is 74.4. The lowest BCUT2D eigenvalue weighted by Gasteiger charge is -2.19. The van der Waals surface area contributed by atoms with Gasteiger partial charge in [-0.3, -0.25) is 4.72 Å². The van der Waals surface area contributed by atoms with Crippen molar-refractivity contribution in [2.45, 2.75) is 33.4 Å². The van der Waals surface area contributed by atoms with Crippen LogP contribution >= 0.6 is 35.0 Å². The second-order valence-electron chi connectivity index (χ2n) is 8.28. The van der Waals surface area contributed by atoms with E-state index in [0.29, 0.717) is 29.6 Å². The fourth-order valence-electron chi connectivity index (χ4n) is 3.71. The Bertz CT molecular complexity index is 1330. The maximum absolute atomic E-state index is 13.5.